The first-order chi connectivity index (χ1) is 15.1. The van der Waals surface area contributed by atoms with Crippen LogP contribution in [0.5, 0.6) is 0 Å². The molecule has 0 radical (unpaired) electrons. The third-order valence-corrected chi connectivity index (χ3v) is 6.43. The molecule has 0 bridgehead atoms. The Bertz CT molecular complexity index is 991. The van der Waals surface area contributed by atoms with Gasteiger partial charge in [-0.3, -0.25) is 9.69 Å². The summed E-state index contributed by atoms with van der Waals surface area (Å²) in [5.74, 6) is -0.0399. The third kappa shape index (κ3) is 5.55. The van der Waals surface area contributed by atoms with Crippen LogP contribution in [-0.4, -0.2) is 30.4 Å². The molecule has 1 atom stereocenters. The summed E-state index contributed by atoms with van der Waals surface area (Å²) in [6.45, 7) is 5.32. The van der Waals surface area contributed by atoms with Crippen molar-refractivity contribution in [2.24, 2.45) is 0 Å². The summed E-state index contributed by atoms with van der Waals surface area (Å²) in [6, 6.07) is 24.7. The molecule has 0 saturated carbocycles. The molecule has 1 aliphatic rings. The van der Waals surface area contributed by atoms with Gasteiger partial charge in [-0.25, -0.2) is 0 Å². The summed E-state index contributed by atoms with van der Waals surface area (Å²) in [4.78, 5) is 15.0. The smallest absolute Gasteiger partial charge is 0.251 e. The van der Waals surface area contributed by atoms with Crippen molar-refractivity contribution in [1.29, 1.82) is 0 Å². The fraction of sp³-hybridized carbons (Fsp3) is 0.296. The first-order valence-electron chi connectivity index (χ1n) is 11.1. The van der Waals surface area contributed by atoms with Gasteiger partial charge in [0.1, 0.15) is 0 Å². The van der Waals surface area contributed by atoms with Gasteiger partial charge in [0, 0.05) is 23.2 Å². The van der Waals surface area contributed by atoms with E-state index in [1.165, 1.54) is 37.1 Å². The molecule has 31 heavy (non-hydrogen) atoms. The van der Waals surface area contributed by atoms with Crippen molar-refractivity contribution >= 4 is 17.5 Å². The van der Waals surface area contributed by atoms with Crippen molar-refractivity contribution in [3.05, 3.63) is 94.5 Å². The number of hydrogen-bond donors (Lipinski definition) is 1. The van der Waals surface area contributed by atoms with Gasteiger partial charge in [0.15, 0.2) is 0 Å². The van der Waals surface area contributed by atoms with Gasteiger partial charge in [0.05, 0.1) is 0 Å². The van der Waals surface area contributed by atoms with Gasteiger partial charge in [-0.15, -0.1) is 0 Å². The second kappa shape index (κ2) is 10.1. The summed E-state index contributed by atoms with van der Waals surface area (Å²) < 4.78 is 0. The van der Waals surface area contributed by atoms with Gasteiger partial charge >= 0.3 is 0 Å². The Morgan fingerprint density at radius 1 is 0.903 bits per heavy atom. The number of hydrogen-bond acceptors (Lipinski definition) is 2. The molecule has 0 spiro atoms. The predicted octanol–water partition coefficient (Wildman–Crippen LogP) is 6.14. The minimum Gasteiger partial charge on any atom is -0.352 e. The summed E-state index contributed by atoms with van der Waals surface area (Å²) in [5, 5.41) is 3.75. The molecule has 1 fully saturated rings. The van der Waals surface area contributed by atoms with E-state index in [0.29, 0.717) is 18.2 Å². The molecule has 3 nitrogen and oxygen atoms in total. The lowest BCUT2D eigenvalue weighted by Gasteiger charge is -2.24. The number of carbonyl (C=O) groups excluding carboxylic acids is 1. The van der Waals surface area contributed by atoms with E-state index in [-0.39, 0.29) is 5.91 Å². The monoisotopic (exact) mass is 432 g/mol. The van der Waals surface area contributed by atoms with Crippen molar-refractivity contribution in [2.75, 3.05) is 19.6 Å². The number of halogens is 1. The second-order valence-electron chi connectivity index (χ2n) is 8.25. The zero-order chi connectivity index (χ0) is 21.6. The lowest BCUT2D eigenvalue weighted by atomic mass is 10.0. The summed E-state index contributed by atoms with van der Waals surface area (Å²) >= 11 is 5.95. The normalized spacial score (nSPS) is 15.0. The Balaban J connectivity index is 1.27. The molecular formula is C27H29ClN2O. The van der Waals surface area contributed by atoms with E-state index < -0.39 is 0 Å². The van der Waals surface area contributed by atoms with E-state index in [2.05, 4.69) is 41.4 Å². The fourth-order valence-electron chi connectivity index (χ4n) is 4.18. The molecule has 1 aliphatic heterocycles. The van der Waals surface area contributed by atoms with Crippen molar-refractivity contribution in [3.63, 3.8) is 0 Å². The predicted molar refractivity (Wildman–Crippen MR) is 129 cm³/mol. The van der Waals surface area contributed by atoms with Crippen LogP contribution in [0.4, 0.5) is 0 Å². The average Bonchev–Trinajstić information content (AvgIpc) is 3.35. The van der Waals surface area contributed by atoms with Gasteiger partial charge in [0.25, 0.3) is 5.91 Å². The molecule has 1 unspecified atom stereocenters. The molecule has 0 aliphatic carbocycles. The van der Waals surface area contributed by atoms with Gasteiger partial charge in [0.2, 0.25) is 0 Å². The van der Waals surface area contributed by atoms with E-state index in [1.807, 2.05) is 48.5 Å². The molecule has 3 aromatic rings. The van der Waals surface area contributed by atoms with Gasteiger partial charge < -0.3 is 5.32 Å². The van der Waals surface area contributed by atoms with Gasteiger partial charge in [-0.1, -0.05) is 60.1 Å². The highest BCUT2D eigenvalue weighted by Gasteiger charge is 2.19. The molecule has 4 heteroatoms. The van der Waals surface area contributed by atoms with E-state index in [9.17, 15) is 4.79 Å². The minimum atomic E-state index is -0.0399. The number of nitrogens with zero attached hydrogens (tertiary/aromatic N) is 1. The Morgan fingerprint density at radius 3 is 2.10 bits per heavy atom. The topological polar surface area (TPSA) is 32.3 Å². The maximum atomic E-state index is 12.5. The zero-order valence-corrected chi connectivity index (χ0v) is 18.7. The Morgan fingerprint density at radius 2 is 1.48 bits per heavy atom. The molecule has 0 aromatic heterocycles. The number of benzene rings is 3. The molecular weight excluding hydrogens is 404 g/mol. The van der Waals surface area contributed by atoms with Gasteiger partial charge in [-0.2, -0.15) is 0 Å². The fourth-order valence-corrected chi connectivity index (χ4v) is 4.31. The second-order valence-corrected chi connectivity index (χ2v) is 8.69. The van der Waals surface area contributed by atoms with Crippen LogP contribution >= 0.6 is 11.6 Å². The van der Waals surface area contributed by atoms with E-state index in [1.54, 1.807) is 0 Å². The van der Waals surface area contributed by atoms with Crippen LogP contribution in [0.25, 0.3) is 11.1 Å². The first-order valence-corrected chi connectivity index (χ1v) is 11.4. The standard InChI is InChI=1S/C27H29ClN2O/c1-20(30-18-2-3-19-30)22-6-4-21(5-7-22)16-17-29-27(31)25-10-8-23(9-11-25)24-12-14-26(28)15-13-24/h4-15,20H,2-3,16-19H2,1H3,(H,29,31). The van der Waals surface area contributed by atoms with Crippen molar-refractivity contribution < 1.29 is 4.79 Å². The third-order valence-electron chi connectivity index (χ3n) is 6.17. The average molecular weight is 433 g/mol. The lowest BCUT2D eigenvalue weighted by Crippen LogP contribution is -2.25. The van der Waals surface area contributed by atoms with Crippen LogP contribution in [0.1, 0.15) is 47.3 Å². The van der Waals surface area contributed by atoms with Crippen molar-refractivity contribution in [1.82, 2.24) is 10.2 Å². The van der Waals surface area contributed by atoms with Crippen LogP contribution in [0.3, 0.4) is 0 Å². The van der Waals surface area contributed by atoms with Crippen LogP contribution < -0.4 is 5.32 Å². The zero-order valence-electron chi connectivity index (χ0n) is 18.0. The van der Waals surface area contributed by atoms with E-state index in [4.69, 9.17) is 11.6 Å². The van der Waals surface area contributed by atoms with Crippen molar-refractivity contribution in [2.45, 2.75) is 32.2 Å². The number of amides is 1. The van der Waals surface area contributed by atoms with Crippen LogP contribution in [-0.2, 0) is 6.42 Å². The first kappa shape index (κ1) is 21.6. The Hall–Kier alpha value is -2.62. The van der Waals surface area contributed by atoms with E-state index >= 15 is 0 Å². The molecule has 4 rings (SSSR count). The van der Waals surface area contributed by atoms with Crippen LogP contribution in [0.2, 0.25) is 5.02 Å². The number of carbonyl (C=O) groups is 1. The number of likely N-dealkylation sites (tertiary alicyclic amines) is 1. The molecule has 160 valence electrons. The van der Waals surface area contributed by atoms with Crippen molar-refractivity contribution in [3.8, 4) is 11.1 Å². The number of nitrogens with one attached hydrogen (secondary N) is 1. The van der Waals surface area contributed by atoms with Crippen LogP contribution in [0, 0.1) is 0 Å². The molecule has 3 aromatic carbocycles. The maximum absolute atomic E-state index is 12.5. The largest absolute Gasteiger partial charge is 0.352 e. The molecule has 1 heterocycles. The minimum absolute atomic E-state index is 0.0399. The highest BCUT2D eigenvalue weighted by atomic mass is 35.5. The summed E-state index contributed by atoms with van der Waals surface area (Å²) in [7, 11) is 0. The molecule has 1 amide bonds. The summed E-state index contributed by atoms with van der Waals surface area (Å²) in [6.07, 6.45) is 3.45. The molecule has 1 saturated heterocycles. The quantitative estimate of drug-likeness (QED) is 0.486. The maximum Gasteiger partial charge on any atom is 0.251 e. The Kier molecular flexibility index (Phi) is 7.06. The SMILES string of the molecule is CC(c1ccc(CCNC(=O)c2ccc(-c3ccc(Cl)cc3)cc2)cc1)N1CCCC1. The Labute approximate surface area is 190 Å². The molecule has 1 N–H and O–H groups in total. The summed E-state index contributed by atoms with van der Waals surface area (Å²) in [5.41, 5.74) is 5.44. The highest BCUT2D eigenvalue weighted by Crippen LogP contribution is 2.25. The highest BCUT2D eigenvalue weighted by molar-refractivity contribution is 6.30. The van der Waals surface area contributed by atoms with Crippen LogP contribution in [0.15, 0.2) is 72.8 Å². The van der Waals surface area contributed by atoms with Gasteiger partial charge in [-0.05, 0) is 85.8 Å². The lowest BCUT2D eigenvalue weighted by molar-refractivity contribution is 0.0954. The number of rotatable bonds is 7. The van der Waals surface area contributed by atoms with E-state index in [0.717, 1.165) is 22.6 Å².